The van der Waals surface area contributed by atoms with Crippen LogP contribution in [0.4, 0.5) is 10.1 Å². The molecule has 3 heterocycles. The third-order valence-electron chi connectivity index (χ3n) is 6.67. The van der Waals surface area contributed by atoms with E-state index in [1.807, 2.05) is 30.9 Å². The van der Waals surface area contributed by atoms with Crippen molar-refractivity contribution < 1.29 is 13.7 Å². The van der Waals surface area contributed by atoms with Crippen LogP contribution in [0.2, 0.25) is 0 Å². The summed E-state index contributed by atoms with van der Waals surface area (Å²) in [5.74, 6) is 1.25. The molecule has 29 heavy (non-hydrogen) atoms. The van der Waals surface area contributed by atoms with E-state index in [0.29, 0.717) is 24.8 Å². The molecule has 6 heteroatoms. The van der Waals surface area contributed by atoms with Gasteiger partial charge in [0.05, 0.1) is 5.69 Å². The average molecular weight is 400 g/mol. The summed E-state index contributed by atoms with van der Waals surface area (Å²) in [5.41, 5.74) is 2.99. The Labute approximate surface area is 171 Å². The van der Waals surface area contributed by atoms with Gasteiger partial charge < -0.3 is 14.3 Å². The largest absolute Gasteiger partial charge is 0.363 e. The number of halogens is 1. The maximum Gasteiger partial charge on any atom is 0.222 e. The Morgan fingerprint density at radius 3 is 2.66 bits per heavy atom. The van der Waals surface area contributed by atoms with Crippen LogP contribution in [0.25, 0.3) is 0 Å². The summed E-state index contributed by atoms with van der Waals surface area (Å²) in [4.78, 5) is 17.4. The number of piperidine rings is 1. The van der Waals surface area contributed by atoms with Crippen molar-refractivity contribution in [3.05, 3.63) is 47.1 Å². The van der Waals surface area contributed by atoms with Crippen LogP contribution < -0.4 is 4.90 Å². The molecule has 4 rings (SSSR count). The molecule has 0 bridgehead atoms. The van der Waals surface area contributed by atoms with Gasteiger partial charge in [0.15, 0.2) is 0 Å². The topological polar surface area (TPSA) is 49.6 Å². The standard InChI is InChI=1S/C23H30FN3O2/c1-15-20(16(2)29-25-15)9-10-22(28)26-12-11-21-17(14-26)13-23(3,4)27(21)19-7-5-18(24)6-8-19/h5-8,17,21H,9-14H2,1-4H3/t17-,21+/m1/s1. The van der Waals surface area contributed by atoms with E-state index < -0.39 is 0 Å². The van der Waals surface area contributed by atoms with E-state index in [1.165, 1.54) is 12.1 Å². The van der Waals surface area contributed by atoms with Gasteiger partial charge in [-0.15, -0.1) is 0 Å². The molecule has 2 atom stereocenters. The van der Waals surface area contributed by atoms with E-state index in [0.717, 1.165) is 48.6 Å². The van der Waals surface area contributed by atoms with Gasteiger partial charge in [0.25, 0.3) is 0 Å². The van der Waals surface area contributed by atoms with E-state index in [9.17, 15) is 9.18 Å². The Morgan fingerprint density at radius 1 is 1.28 bits per heavy atom. The molecule has 156 valence electrons. The second-order valence-electron chi connectivity index (χ2n) is 9.12. The maximum absolute atomic E-state index is 13.4. The van der Waals surface area contributed by atoms with Crippen LogP contribution in [0.3, 0.4) is 0 Å². The minimum atomic E-state index is -0.207. The number of anilines is 1. The van der Waals surface area contributed by atoms with Crippen LogP contribution in [0.5, 0.6) is 0 Å². The zero-order chi connectivity index (χ0) is 20.8. The molecule has 0 spiro atoms. The number of likely N-dealkylation sites (tertiary alicyclic amines) is 1. The normalized spacial score (nSPS) is 23.3. The van der Waals surface area contributed by atoms with Gasteiger partial charge in [-0.3, -0.25) is 4.79 Å². The van der Waals surface area contributed by atoms with E-state index in [4.69, 9.17) is 4.52 Å². The highest BCUT2D eigenvalue weighted by molar-refractivity contribution is 5.76. The number of benzene rings is 1. The number of fused-ring (bicyclic) bond motifs is 1. The van der Waals surface area contributed by atoms with Crippen molar-refractivity contribution in [3.63, 3.8) is 0 Å². The number of aromatic nitrogens is 1. The van der Waals surface area contributed by atoms with Crippen LogP contribution >= 0.6 is 0 Å². The van der Waals surface area contributed by atoms with Crippen LogP contribution in [-0.2, 0) is 11.2 Å². The number of nitrogens with zero attached hydrogens (tertiary/aromatic N) is 3. The minimum Gasteiger partial charge on any atom is -0.363 e. The number of carbonyl (C=O) groups is 1. The van der Waals surface area contributed by atoms with Gasteiger partial charge >= 0.3 is 0 Å². The third-order valence-corrected chi connectivity index (χ3v) is 6.67. The highest BCUT2D eigenvalue weighted by atomic mass is 19.1. The molecule has 2 aliphatic rings. The molecule has 2 aliphatic heterocycles. The third kappa shape index (κ3) is 3.77. The summed E-state index contributed by atoms with van der Waals surface area (Å²) in [6.07, 6.45) is 3.15. The highest BCUT2D eigenvalue weighted by Gasteiger charge is 2.48. The van der Waals surface area contributed by atoms with Gasteiger partial charge in [0, 0.05) is 42.3 Å². The second-order valence-corrected chi connectivity index (χ2v) is 9.12. The van der Waals surface area contributed by atoms with E-state index in [-0.39, 0.29) is 17.3 Å². The first kappa shape index (κ1) is 19.9. The number of aryl methyl sites for hydroxylation is 2. The van der Waals surface area contributed by atoms with Crippen molar-refractivity contribution in [2.24, 2.45) is 5.92 Å². The monoisotopic (exact) mass is 399 g/mol. The molecule has 0 aliphatic carbocycles. The van der Waals surface area contributed by atoms with Crippen molar-refractivity contribution in [2.45, 2.75) is 65.0 Å². The molecule has 2 saturated heterocycles. The Balaban J connectivity index is 1.42. The van der Waals surface area contributed by atoms with Gasteiger partial charge in [-0.1, -0.05) is 5.16 Å². The van der Waals surface area contributed by atoms with Crippen molar-refractivity contribution in [1.29, 1.82) is 0 Å². The lowest BCUT2D eigenvalue weighted by molar-refractivity contribution is -0.133. The van der Waals surface area contributed by atoms with Crippen molar-refractivity contribution in [2.75, 3.05) is 18.0 Å². The fourth-order valence-corrected chi connectivity index (χ4v) is 5.37. The fourth-order valence-electron chi connectivity index (χ4n) is 5.37. The lowest BCUT2D eigenvalue weighted by Crippen LogP contribution is -2.50. The van der Waals surface area contributed by atoms with E-state index in [1.54, 1.807) is 0 Å². The quantitative estimate of drug-likeness (QED) is 0.770. The molecule has 0 saturated carbocycles. The van der Waals surface area contributed by atoms with Gasteiger partial charge in [0.1, 0.15) is 11.6 Å². The number of hydrogen-bond donors (Lipinski definition) is 0. The molecule has 1 aromatic carbocycles. The summed E-state index contributed by atoms with van der Waals surface area (Å²) < 4.78 is 18.6. The first-order valence-electron chi connectivity index (χ1n) is 10.5. The number of amides is 1. The Hall–Kier alpha value is -2.37. The van der Waals surface area contributed by atoms with Gasteiger partial charge in [-0.25, -0.2) is 4.39 Å². The summed E-state index contributed by atoms with van der Waals surface area (Å²) in [7, 11) is 0. The highest BCUT2D eigenvalue weighted by Crippen LogP contribution is 2.44. The smallest absolute Gasteiger partial charge is 0.222 e. The first-order valence-corrected chi connectivity index (χ1v) is 10.5. The number of carbonyl (C=O) groups excluding carboxylic acids is 1. The fraction of sp³-hybridized carbons (Fsp3) is 0.565. The molecule has 5 nitrogen and oxygen atoms in total. The van der Waals surface area contributed by atoms with Crippen molar-refractivity contribution >= 4 is 11.6 Å². The molecular weight excluding hydrogens is 369 g/mol. The van der Waals surface area contributed by atoms with Crippen LogP contribution in [0.1, 0.15) is 50.1 Å². The first-order chi connectivity index (χ1) is 13.8. The predicted octanol–water partition coefficient (Wildman–Crippen LogP) is 4.27. The van der Waals surface area contributed by atoms with Crippen LogP contribution in [0.15, 0.2) is 28.8 Å². The van der Waals surface area contributed by atoms with Crippen LogP contribution in [0, 0.1) is 25.6 Å². The minimum absolute atomic E-state index is 0.0110. The molecule has 1 amide bonds. The Morgan fingerprint density at radius 2 is 2.00 bits per heavy atom. The molecular formula is C23H30FN3O2. The van der Waals surface area contributed by atoms with E-state index >= 15 is 0 Å². The second kappa shape index (κ2) is 7.47. The van der Waals surface area contributed by atoms with Gasteiger partial charge in [-0.05, 0) is 77.1 Å². The zero-order valence-electron chi connectivity index (χ0n) is 17.7. The van der Waals surface area contributed by atoms with Crippen molar-refractivity contribution in [3.8, 4) is 0 Å². The summed E-state index contributed by atoms with van der Waals surface area (Å²) in [5, 5.41) is 3.98. The van der Waals surface area contributed by atoms with Crippen LogP contribution in [-0.4, -0.2) is 40.6 Å². The molecule has 2 aromatic rings. The average Bonchev–Trinajstić information content (AvgIpc) is 3.14. The zero-order valence-corrected chi connectivity index (χ0v) is 17.7. The molecule has 1 aromatic heterocycles. The van der Waals surface area contributed by atoms with E-state index in [2.05, 4.69) is 23.9 Å². The summed E-state index contributed by atoms with van der Waals surface area (Å²) >= 11 is 0. The van der Waals surface area contributed by atoms with Gasteiger partial charge in [-0.2, -0.15) is 0 Å². The number of hydrogen-bond acceptors (Lipinski definition) is 4. The SMILES string of the molecule is Cc1noc(C)c1CCC(=O)N1CC[C@H]2[C@@H](C1)CC(C)(C)N2c1ccc(F)cc1. The van der Waals surface area contributed by atoms with Crippen molar-refractivity contribution in [1.82, 2.24) is 10.1 Å². The molecule has 0 N–H and O–H groups in total. The van der Waals surface area contributed by atoms with Gasteiger partial charge in [0.2, 0.25) is 5.91 Å². The predicted molar refractivity (Wildman–Crippen MR) is 110 cm³/mol. The molecule has 0 radical (unpaired) electrons. The lowest BCUT2D eigenvalue weighted by Gasteiger charge is -2.42. The maximum atomic E-state index is 13.4. The molecule has 2 fully saturated rings. The Bertz CT molecular complexity index is 871. The summed E-state index contributed by atoms with van der Waals surface area (Å²) in [6.45, 7) is 9.89. The molecule has 0 unspecified atom stereocenters. The Kier molecular flexibility index (Phi) is 5.13. The lowest BCUT2D eigenvalue weighted by atomic mass is 9.89. The number of rotatable bonds is 4. The summed E-state index contributed by atoms with van der Waals surface area (Å²) in [6, 6.07) is 7.21.